The number of H-pyrrole nitrogens is 1. The molecule has 0 saturated carbocycles. The van der Waals surface area contributed by atoms with Gasteiger partial charge in [0.25, 0.3) is 0 Å². The molecule has 0 radical (unpaired) electrons. The number of unbranched alkanes of at least 4 members (excludes halogenated alkanes) is 2. The third-order valence-corrected chi connectivity index (χ3v) is 7.86. The van der Waals surface area contributed by atoms with E-state index in [4.69, 9.17) is 19.8 Å². The van der Waals surface area contributed by atoms with E-state index < -0.39 is 54.8 Å². The summed E-state index contributed by atoms with van der Waals surface area (Å²) >= 11 is 0. The number of benzene rings is 3. The van der Waals surface area contributed by atoms with Gasteiger partial charge in [0.15, 0.2) is 0 Å². The average Bonchev–Trinajstić information content (AvgIpc) is 3.76. The van der Waals surface area contributed by atoms with Gasteiger partial charge in [-0.05, 0) is 41.8 Å². The van der Waals surface area contributed by atoms with Crippen molar-refractivity contribution in [1.82, 2.24) is 24.8 Å². The number of nitrogens with zero attached hydrogens (tertiary/aromatic N) is 3. The largest absolute Gasteiger partial charge is 0.490 e. The molecule has 4 N–H and O–H groups in total. The Balaban J connectivity index is 0.000000512. The fourth-order valence-corrected chi connectivity index (χ4v) is 5.15. The van der Waals surface area contributed by atoms with Crippen LogP contribution < -0.4 is 5.32 Å². The average molecular weight is 804 g/mol. The van der Waals surface area contributed by atoms with Gasteiger partial charge in [-0.2, -0.15) is 39.5 Å². The van der Waals surface area contributed by atoms with Gasteiger partial charge in [0.2, 0.25) is 11.7 Å². The van der Waals surface area contributed by atoms with Crippen molar-refractivity contribution in [2.24, 2.45) is 0 Å². The number of aliphatic carboxylic acids is 2. The zero-order valence-corrected chi connectivity index (χ0v) is 29.2. The molecule has 11 nitrogen and oxygen atoms in total. The molecule has 2 heterocycles. The summed E-state index contributed by atoms with van der Waals surface area (Å²) in [7, 11) is 0. The van der Waals surface area contributed by atoms with E-state index in [0.29, 0.717) is 31.5 Å². The van der Waals surface area contributed by atoms with Gasteiger partial charge in [-0.15, -0.1) is 0 Å². The predicted octanol–water partition coefficient (Wildman–Crippen LogP) is 8.65. The number of hydrogen-bond acceptors (Lipinski definition) is 6. The van der Waals surface area contributed by atoms with Crippen LogP contribution in [0.1, 0.15) is 63.1 Å². The fourth-order valence-electron chi connectivity index (χ4n) is 5.15. The monoisotopic (exact) mass is 803 g/mol. The van der Waals surface area contributed by atoms with Crippen molar-refractivity contribution >= 4 is 45.4 Å². The van der Waals surface area contributed by atoms with Crippen LogP contribution in [0.3, 0.4) is 0 Å². The first kappa shape index (κ1) is 44.4. The maximum absolute atomic E-state index is 13.8. The number of imidazole rings is 2. The highest BCUT2D eigenvalue weighted by Gasteiger charge is 2.39. The lowest BCUT2D eigenvalue weighted by molar-refractivity contribution is -0.193. The van der Waals surface area contributed by atoms with Crippen LogP contribution in [-0.2, 0) is 31.9 Å². The zero-order valence-electron chi connectivity index (χ0n) is 29.2. The van der Waals surface area contributed by atoms with E-state index >= 15 is 0 Å². The van der Waals surface area contributed by atoms with Gasteiger partial charge in [0.05, 0.1) is 29.0 Å². The van der Waals surface area contributed by atoms with E-state index in [1.54, 1.807) is 18.3 Å². The van der Waals surface area contributed by atoms with E-state index in [0.717, 1.165) is 39.4 Å². The highest BCUT2D eigenvalue weighted by Crippen LogP contribution is 2.32. The summed E-state index contributed by atoms with van der Waals surface area (Å²) in [5, 5.41) is 19.3. The normalized spacial score (nSPS) is 12.2. The number of carbonyl (C=O) groups is 4. The summed E-state index contributed by atoms with van der Waals surface area (Å²) < 4.78 is 106. The van der Waals surface area contributed by atoms with Crippen molar-refractivity contribution in [3.8, 4) is 11.3 Å². The van der Waals surface area contributed by atoms with E-state index in [2.05, 4.69) is 20.3 Å². The van der Waals surface area contributed by atoms with Crippen LogP contribution >= 0.6 is 0 Å². The number of ketones is 1. The first-order valence-electron chi connectivity index (χ1n) is 16.6. The number of carboxylic acids is 2. The summed E-state index contributed by atoms with van der Waals surface area (Å²) in [6, 6.07) is 19.7. The number of halogens is 9. The molecule has 3 aromatic carbocycles. The Hall–Kier alpha value is -5.95. The molecule has 1 atom stereocenters. The van der Waals surface area contributed by atoms with Gasteiger partial charge >= 0.3 is 30.5 Å². The highest BCUT2D eigenvalue weighted by molar-refractivity contribution is 5.87. The second kappa shape index (κ2) is 19.1. The number of nitrogens with one attached hydrogen (secondary N) is 2. The van der Waals surface area contributed by atoms with E-state index in [9.17, 15) is 49.1 Å². The smallest absolute Gasteiger partial charge is 0.475 e. The van der Waals surface area contributed by atoms with Gasteiger partial charge in [-0.1, -0.05) is 68.3 Å². The number of rotatable bonds is 12. The van der Waals surface area contributed by atoms with Crippen molar-refractivity contribution < 1.29 is 68.9 Å². The second-order valence-corrected chi connectivity index (χ2v) is 12.0. The zero-order chi connectivity index (χ0) is 41.8. The van der Waals surface area contributed by atoms with E-state index in [1.807, 2.05) is 49.4 Å². The van der Waals surface area contributed by atoms with Gasteiger partial charge in [-0.25, -0.2) is 19.6 Å². The van der Waals surface area contributed by atoms with Gasteiger partial charge in [-0.3, -0.25) is 9.59 Å². The molecule has 1 amide bonds. The topological polar surface area (TPSA) is 167 Å². The van der Waals surface area contributed by atoms with Gasteiger partial charge in [0.1, 0.15) is 18.2 Å². The van der Waals surface area contributed by atoms with Crippen LogP contribution in [-0.4, -0.2) is 65.7 Å². The Morgan fingerprint density at radius 2 is 1.39 bits per heavy atom. The summed E-state index contributed by atoms with van der Waals surface area (Å²) in [5.41, 5.74) is 2.09. The summed E-state index contributed by atoms with van der Waals surface area (Å²) in [5.74, 6) is -6.49. The number of aromatic amines is 1. The Morgan fingerprint density at radius 3 is 1.98 bits per heavy atom. The predicted molar refractivity (Wildman–Crippen MR) is 183 cm³/mol. The second-order valence-electron chi connectivity index (χ2n) is 12.0. The Bertz CT molecular complexity index is 2100. The Labute approximate surface area is 311 Å². The van der Waals surface area contributed by atoms with Crippen molar-refractivity contribution in [3.63, 3.8) is 0 Å². The molecule has 0 unspecified atom stereocenters. The van der Waals surface area contributed by atoms with Crippen molar-refractivity contribution in [2.45, 2.75) is 76.6 Å². The highest BCUT2D eigenvalue weighted by atomic mass is 19.4. The van der Waals surface area contributed by atoms with Crippen LogP contribution in [0, 0.1) is 0 Å². The third kappa shape index (κ3) is 13.1. The lowest BCUT2D eigenvalue weighted by atomic mass is 10.0. The molecule has 20 heteroatoms. The molecule has 0 spiro atoms. The molecule has 5 aromatic rings. The van der Waals surface area contributed by atoms with Gasteiger partial charge in [0, 0.05) is 18.4 Å². The standard InChI is InChI=1S/C32H32F3N5O2.2C2HF3O2/c1-2-24(41)12-4-3-5-14-26(30-36-19-27(38-30)23-17-16-21-10-6-7-11-22(21)18-23)37-29(42)20-40-28-15-9-8-13-25(28)39-31(40)32(33,34)35;2*3-2(4,5)1(6)7/h6-11,13,15-19,26H,2-5,12,14,20H2,1H3,(H,36,38)(H,37,42);2*(H,6,7)/t26-;;/m0../s1. The molecule has 0 fully saturated rings. The first-order valence-corrected chi connectivity index (χ1v) is 16.6. The number of para-hydroxylation sites is 2. The molecular formula is C36H34F9N5O6. The molecule has 5 rings (SSSR count). The summed E-state index contributed by atoms with van der Waals surface area (Å²) in [6.07, 6.45) is -9.44. The van der Waals surface area contributed by atoms with Gasteiger partial charge < -0.3 is 25.1 Å². The molecular weight excluding hydrogens is 769 g/mol. The minimum atomic E-state index is -5.08. The Morgan fingerprint density at radius 1 is 0.804 bits per heavy atom. The van der Waals surface area contributed by atoms with Crippen LogP contribution in [0.5, 0.6) is 0 Å². The van der Waals surface area contributed by atoms with Crippen molar-refractivity contribution in [1.29, 1.82) is 0 Å². The fraction of sp³-hybridized carbons (Fsp3) is 0.333. The van der Waals surface area contributed by atoms with Crippen molar-refractivity contribution in [3.05, 3.63) is 84.6 Å². The quantitative estimate of drug-likeness (QED) is 0.0718. The van der Waals surface area contributed by atoms with Crippen molar-refractivity contribution in [2.75, 3.05) is 0 Å². The summed E-state index contributed by atoms with van der Waals surface area (Å²) in [6.45, 7) is 1.29. The van der Waals surface area contributed by atoms with E-state index in [-0.39, 0.29) is 16.8 Å². The molecule has 302 valence electrons. The minimum Gasteiger partial charge on any atom is -0.475 e. The lowest BCUT2D eigenvalue weighted by Crippen LogP contribution is -2.33. The number of alkyl halides is 9. The molecule has 0 saturated heterocycles. The van der Waals surface area contributed by atoms with Crippen LogP contribution in [0.25, 0.3) is 33.1 Å². The Kier molecular flexibility index (Phi) is 15.1. The van der Waals surface area contributed by atoms with Crippen LogP contribution in [0.15, 0.2) is 72.9 Å². The maximum atomic E-state index is 13.8. The number of hydrogen-bond donors (Lipinski definition) is 4. The third-order valence-electron chi connectivity index (χ3n) is 7.86. The first-order chi connectivity index (χ1) is 26.1. The molecule has 2 aromatic heterocycles. The molecule has 0 bridgehead atoms. The summed E-state index contributed by atoms with van der Waals surface area (Å²) in [4.78, 5) is 54.3. The number of carboxylic acid groups (broad SMARTS) is 2. The lowest BCUT2D eigenvalue weighted by Gasteiger charge is -2.18. The molecule has 0 aliphatic heterocycles. The van der Waals surface area contributed by atoms with Crippen LogP contribution in [0.2, 0.25) is 0 Å². The number of aromatic nitrogens is 4. The SMILES string of the molecule is CCC(=O)CCCCC[C@H](NC(=O)Cn1c(C(F)(F)F)nc2ccccc21)c1ncc(-c2ccc3ccccc3c2)[nH]1.O=C(O)C(F)(F)F.O=C(O)C(F)(F)F. The van der Waals surface area contributed by atoms with E-state index in [1.165, 1.54) is 12.1 Å². The maximum Gasteiger partial charge on any atom is 0.490 e. The number of Topliss-reactive ketones (excluding diaryl/α,β-unsaturated/α-hetero) is 1. The minimum absolute atomic E-state index is 0.168. The number of fused-ring (bicyclic) bond motifs is 2. The molecule has 0 aliphatic carbocycles. The molecule has 56 heavy (non-hydrogen) atoms. The molecule has 0 aliphatic rings. The number of amides is 1. The number of carbonyl (C=O) groups excluding carboxylic acids is 2. The van der Waals surface area contributed by atoms with Crippen LogP contribution in [0.4, 0.5) is 39.5 Å².